The fraction of sp³-hybridized carbons (Fsp3) is 0.192. The summed E-state index contributed by atoms with van der Waals surface area (Å²) >= 11 is 12.1. The number of carboxylic acids is 1. The van der Waals surface area contributed by atoms with Crippen molar-refractivity contribution in [2.24, 2.45) is 0 Å². The van der Waals surface area contributed by atoms with E-state index in [9.17, 15) is 18.3 Å². The van der Waals surface area contributed by atoms with Crippen LogP contribution in [0.15, 0.2) is 71.8 Å². The van der Waals surface area contributed by atoms with Gasteiger partial charge in [-0.05, 0) is 35.7 Å². The monoisotopic (exact) mass is 571 g/mol. The van der Waals surface area contributed by atoms with Crippen LogP contribution in [0.2, 0.25) is 10.0 Å². The molecule has 5 rings (SSSR count). The fourth-order valence-electron chi connectivity index (χ4n) is 4.48. The number of hydrogen-bond donors (Lipinski definition) is 2. The summed E-state index contributed by atoms with van der Waals surface area (Å²) in [4.78, 5) is 23.1. The topological polar surface area (TPSA) is 116 Å². The lowest BCUT2D eigenvalue weighted by atomic mass is 10.0. The van der Waals surface area contributed by atoms with Crippen molar-refractivity contribution in [1.82, 2.24) is 15.3 Å². The van der Waals surface area contributed by atoms with Gasteiger partial charge in [0, 0.05) is 53.4 Å². The molecule has 1 saturated heterocycles. The second-order valence-electron chi connectivity index (χ2n) is 8.66. The summed E-state index contributed by atoms with van der Waals surface area (Å²) < 4.78 is 28.3. The SMILES string of the molecule is O=C(O)CN(c1cccc2c(-c3nccc(N4CCNCC4)n3)cccc12)S(=O)(=O)c1cc(Cl)cc(Cl)c1. The minimum atomic E-state index is -4.34. The molecule has 3 aromatic carbocycles. The number of carboxylic acid groups (broad SMARTS) is 1. The number of fused-ring (bicyclic) bond motifs is 1. The van der Waals surface area contributed by atoms with Crippen LogP contribution in [0, 0.1) is 0 Å². The highest BCUT2D eigenvalue weighted by atomic mass is 35.5. The van der Waals surface area contributed by atoms with E-state index in [1.165, 1.54) is 18.2 Å². The molecule has 0 saturated carbocycles. The van der Waals surface area contributed by atoms with Crippen LogP contribution in [-0.4, -0.2) is 62.2 Å². The minimum absolute atomic E-state index is 0.119. The zero-order chi connectivity index (χ0) is 26.9. The summed E-state index contributed by atoms with van der Waals surface area (Å²) in [5.74, 6) is -0.0301. The Hall–Kier alpha value is -3.44. The molecule has 38 heavy (non-hydrogen) atoms. The van der Waals surface area contributed by atoms with E-state index in [2.05, 4.69) is 15.2 Å². The third kappa shape index (κ3) is 5.25. The largest absolute Gasteiger partial charge is 0.480 e. The third-order valence-electron chi connectivity index (χ3n) is 6.19. The van der Waals surface area contributed by atoms with E-state index in [0.717, 1.165) is 36.3 Å². The van der Waals surface area contributed by atoms with Gasteiger partial charge in [0.2, 0.25) is 0 Å². The number of aromatic nitrogens is 2. The standard InChI is InChI=1S/C26H23Cl2N5O4S/c27-17-13-18(28)15-19(14-17)38(36,37)33(16-25(34)35)23-6-2-3-20-21(23)4-1-5-22(20)26-30-8-7-24(31-26)32-11-9-29-10-12-32/h1-8,13-15,29H,9-12,16H2,(H,34,35). The Bertz CT molecular complexity index is 1610. The Morgan fingerprint density at radius 1 is 1.00 bits per heavy atom. The first kappa shape index (κ1) is 26.2. The lowest BCUT2D eigenvalue weighted by Crippen LogP contribution is -2.43. The number of nitrogens with one attached hydrogen (secondary N) is 1. The average molecular weight is 572 g/mol. The molecule has 1 aliphatic rings. The van der Waals surface area contributed by atoms with Crippen LogP contribution < -0.4 is 14.5 Å². The molecule has 0 aliphatic carbocycles. The molecule has 1 aliphatic heterocycles. The molecule has 0 radical (unpaired) electrons. The average Bonchev–Trinajstić information content (AvgIpc) is 2.91. The predicted molar refractivity (Wildman–Crippen MR) is 149 cm³/mol. The number of rotatable bonds is 7. The Kier molecular flexibility index (Phi) is 7.40. The Morgan fingerprint density at radius 2 is 1.68 bits per heavy atom. The lowest BCUT2D eigenvalue weighted by Gasteiger charge is -2.28. The highest BCUT2D eigenvalue weighted by molar-refractivity contribution is 7.92. The van der Waals surface area contributed by atoms with Crippen molar-refractivity contribution in [2.75, 3.05) is 41.9 Å². The molecular formula is C26H23Cl2N5O4S. The molecule has 1 aromatic heterocycles. The van der Waals surface area contributed by atoms with Gasteiger partial charge in [0.25, 0.3) is 10.0 Å². The van der Waals surface area contributed by atoms with Crippen LogP contribution in [0.25, 0.3) is 22.2 Å². The van der Waals surface area contributed by atoms with Crippen LogP contribution in [0.1, 0.15) is 0 Å². The summed E-state index contributed by atoms with van der Waals surface area (Å²) in [6.45, 7) is 2.58. The number of halogens is 2. The van der Waals surface area contributed by atoms with Gasteiger partial charge >= 0.3 is 5.97 Å². The van der Waals surface area contributed by atoms with Gasteiger partial charge in [0.1, 0.15) is 12.4 Å². The molecule has 0 atom stereocenters. The van der Waals surface area contributed by atoms with Crippen molar-refractivity contribution < 1.29 is 18.3 Å². The highest BCUT2D eigenvalue weighted by Crippen LogP contribution is 2.36. The number of aliphatic carboxylic acids is 1. The van der Waals surface area contributed by atoms with E-state index < -0.39 is 22.5 Å². The van der Waals surface area contributed by atoms with E-state index in [4.69, 9.17) is 28.2 Å². The van der Waals surface area contributed by atoms with Gasteiger partial charge in [0.05, 0.1) is 10.6 Å². The lowest BCUT2D eigenvalue weighted by molar-refractivity contribution is -0.135. The highest BCUT2D eigenvalue weighted by Gasteiger charge is 2.29. The summed E-state index contributed by atoms with van der Waals surface area (Å²) in [6.07, 6.45) is 1.70. The fourth-order valence-corrected chi connectivity index (χ4v) is 6.64. The molecule has 1 fully saturated rings. The molecule has 4 aromatic rings. The molecule has 0 spiro atoms. The molecule has 2 heterocycles. The van der Waals surface area contributed by atoms with Crippen molar-refractivity contribution in [3.8, 4) is 11.4 Å². The van der Waals surface area contributed by atoms with Crippen LogP contribution in [0.4, 0.5) is 11.5 Å². The quantitative estimate of drug-likeness (QED) is 0.337. The van der Waals surface area contributed by atoms with Crippen molar-refractivity contribution in [3.05, 3.63) is 76.9 Å². The minimum Gasteiger partial charge on any atom is -0.480 e. The van der Waals surface area contributed by atoms with Crippen LogP contribution in [-0.2, 0) is 14.8 Å². The van der Waals surface area contributed by atoms with Crippen molar-refractivity contribution in [2.45, 2.75) is 4.90 Å². The van der Waals surface area contributed by atoms with Crippen molar-refractivity contribution >= 4 is 61.5 Å². The van der Waals surface area contributed by atoms with Crippen LogP contribution in [0.5, 0.6) is 0 Å². The number of piperazine rings is 1. The van der Waals surface area contributed by atoms with Gasteiger partial charge in [-0.3, -0.25) is 9.10 Å². The van der Waals surface area contributed by atoms with Crippen molar-refractivity contribution in [3.63, 3.8) is 0 Å². The van der Waals surface area contributed by atoms with Gasteiger partial charge in [-0.25, -0.2) is 18.4 Å². The summed E-state index contributed by atoms with van der Waals surface area (Å²) in [6, 6.07) is 16.2. The van der Waals surface area contributed by atoms with Gasteiger partial charge < -0.3 is 15.3 Å². The molecule has 196 valence electrons. The summed E-state index contributed by atoms with van der Waals surface area (Å²) in [7, 11) is -4.34. The molecule has 0 amide bonds. The van der Waals surface area contributed by atoms with Gasteiger partial charge in [-0.15, -0.1) is 0 Å². The smallest absolute Gasteiger partial charge is 0.324 e. The molecule has 0 bridgehead atoms. The maximum Gasteiger partial charge on any atom is 0.324 e. The number of nitrogens with zero attached hydrogens (tertiary/aromatic N) is 4. The molecular weight excluding hydrogens is 549 g/mol. The Labute approximate surface area is 229 Å². The first-order valence-electron chi connectivity index (χ1n) is 11.8. The maximum atomic E-state index is 13.7. The third-order valence-corrected chi connectivity index (χ3v) is 8.37. The molecule has 12 heteroatoms. The van der Waals surface area contributed by atoms with Gasteiger partial charge in [-0.2, -0.15) is 0 Å². The van der Waals surface area contributed by atoms with E-state index >= 15 is 0 Å². The van der Waals surface area contributed by atoms with E-state index in [1.807, 2.05) is 18.2 Å². The van der Waals surface area contributed by atoms with Gasteiger partial charge in [-0.1, -0.05) is 53.5 Å². The number of carbonyl (C=O) groups is 1. The van der Waals surface area contributed by atoms with Crippen LogP contribution in [0.3, 0.4) is 0 Å². The first-order valence-corrected chi connectivity index (χ1v) is 13.9. The number of benzene rings is 3. The maximum absolute atomic E-state index is 13.7. The van der Waals surface area contributed by atoms with Crippen molar-refractivity contribution in [1.29, 1.82) is 0 Å². The number of anilines is 2. The molecule has 2 N–H and O–H groups in total. The Morgan fingerprint density at radius 3 is 2.39 bits per heavy atom. The summed E-state index contributed by atoms with van der Waals surface area (Å²) in [5.41, 5.74) is 0.890. The predicted octanol–water partition coefficient (Wildman–Crippen LogP) is 4.29. The van der Waals surface area contributed by atoms with E-state index in [1.54, 1.807) is 30.5 Å². The number of sulfonamides is 1. The Balaban J connectivity index is 1.64. The molecule has 9 nitrogen and oxygen atoms in total. The zero-order valence-corrected chi connectivity index (χ0v) is 22.3. The zero-order valence-electron chi connectivity index (χ0n) is 20.0. The van der Waals surface area contributed by atoms with Gasteiger partial charge in [0.15, 0.2) is 5.82 Å². The number of hydrogen-bond acceptors (Lipinski definition) is 7. The molecule has 0 unspecified atom stereocenters. The van der Waals surface area contributed by atoms with E-state index in [-0.39, 0.29) is 20.6 Å². The second-order valence-corrected chi connectivity index (χ2v) is 11.4. The van der Waals surface area contributed by atoms with E-state index in [0.29, 0.717) is 22.2 Å². The van der Waals surface area contributed by atoms with Crippen LogP contribution >= 0.6 is 23.2 Å². The first-order chi connectivity index (χ1) is 18.2. The second kappa shape index (κ2) is 10.7. The normalized spacial score (nSPS) is 14.0. The summed E-state index contributed by atoms with van der Waals surface area (Å²) in [5, 5.41) is 14.4.